The summed E-state index contributed by atoms with van der Waals surface area (Å²) >= 11 is 0.726. The molecule has 0 spiro atoms. The van der Waals surface area contributed by atoms with Crippen LogP contribution in [0.15, 0.2) is 78.9 Å². The molecule has 0 saturated carbocycles. The summed E-state index contributed by atoms with van der Waals surface area (Å²) in [7, 11) is 1.08. The van der Waals surface area contributed by atoms with Gasteiger partial charge in [-0.1, -0.05) is 42.1 Å². The molecule has 3 aromatic rings. The molecule has 0 N–H and O–H groups in total. The number of benzene rings is 3. The van der Waals surface area contributed by atoms with Gasteiger partial charge in [0.25, 0.3) is 11.4 Å². The first-order valence-corrected chi connectivity index (χ1v) is 13.7. The third-order valence-corrected chi connectivity index (χ3v) is 7.52. The van der Waals surface area contributed by atoms with Crippen molar-refractivity contribution in [2.75, 3.05) is 13.7 Å². The van der Waals surface area contributed by atoms with Crippen LogP contribution < -0.4 is 0 Å². The first kappa shape index (κ1) is 31.4. The van der Waals surface area contributed by atoms with Gasteiger partial charge in [-0.2, -0.15) is 5.01 Å². The lowest BCUT2D eigenvalue weighted by Gasteiger charge is -2.29. The minimum atomic E-state index is -1.48. The molecule has 16 heteroatoms. The van der Waals surface area contributed by atoms with Gasteiger partial charge in [-0.15, -0.1) is 0 Å². The van der Waals surface area contributed by atoms with Gasteiger partial charge >= 0.3 is 18.2 Å². The number of hydrogen-bond donors (Lipinski definition) is 0. The van der Waals surface area contributed by atoms with Gasteiger partial charge in [0.2, 0.25) is 5.12 Å². The SMILES string of the molecule is COC(=O)C1C(SC(=O)c2ccccc2)CN(C(=O)OCc2ccc([N+](=O)[O-])cc2)N1C(=O)OCc1ccc([N+](=O)[O-])cc1. The highest BCUT2D eigenvalue weighted by molar-refractivity contribution is 8.14. The maximum Gasteiger partial charge on any atom is 0.430 e. The summed E-state index contributed by atoms with van der Waals surface area (Å²) in [6.07, 6.45) is -2.22. The van der Waals surface area contributed by atoms with Gasteiger partial charge in [-0.3, -0.25) is 25.0 Å². The lowest BCUT2D eigenvalue weighted by atomic mass is 10.2. The molecule has 44 heavy (non-hydrogen) atoms. The summed E-state index contributed by atoms with van der Waals surface area (Å²) in [6.45, 7) is -1.02. The van der Waals surface area contributed by atoms with E-state index in [1.54, 1.807) is 30.3 Å². The van der Waals surface area contributed by atoms with Crippen molar-refractivity contribution in [3.8, 4) is 0 Å². The highest BCUT2D eigenvalue weighted by Gasteiger charge is 2.52. The number of nitro groups is 2. The average molecular weight is 625 g/mol. The van der Waals surface area contributed by atoms with E-state index in [0.717, 1.165) is 23.9 Å². The summed E-state index contributed by atoms with van der Waals surface area (Å²) in [5, 5.41) is 22.0. The fraction of sp³-hybridized carbons (Fsp3) is 0.214. The van der Waals surface area contributed by atoms with Gasteiger partial charge in [-0.05, 0) is 35.4 Å². The van der Waals surface area contributed by atoms with Crippen LogP contribution in [0.3, 0.4) is 0 Å². The number of methoxy groups -OCH3 is 1. The number of nitro benzene ring substituents is 2. The van der Waals surface area contributed by atoms with Crippen LogP contribution in [0.4, 0.5) is 21.0 Å². The summed E-state index contributed by atoms with van der Waals surface area (Å²) in [4.78, 5) is 73.4. The Kier molecular flexibility index (Phi) is 10.1. The molecule has 0 bridgehead atoms. The van der Waals surface area contributed by atoms with E-state index >= 15 is 0 Å². The molecule has 2 atom stereocenters. The number of esters is 1. The Morgan fingerprint density at radius 1 is 0.795 bits per heavy atom. The van der Waals surface area contributed by atoms with E-state index < -0.39 is 44.4 Å². The van der Waals surface area contributed by atoms with Crippen molar-refractivity contribution >= 4 is 46.4 Å². The number of hydrogen-bond acceptors (Lipinski definition) is 12. The van der Waals surface area contributed by atoms with Crippen LogP contribution in [0.1, 0.15) is 21.5 Å². The molecule has 0 radical (unpaired) electrons. The molecule has 1 fully saturated rings. The largest absolute Gasteiger partial charge is 0.467 e. The monoisotopic (exact) mass is 624 g/mol. The number of amides is 2. The molecule has 0 aliphatic carbocycles. The minimum Gasteiger partial charge on any atom is -0.467 e. The Morgan fingerprint density at radius 3 is 1.77 bits per heavy atom. The van der Waals surface area contributed by atoms with Crippen molar-refractivity contribution < 1.29 is 43.2 Å². The van der Waals surface area contributed by atoms with Crippen LogP contribution in [0, 0.1) is 20.2 Å². The van der Waals surface area contributed by atoms with Gasteiger partial charge in [-0.25, -0.2) is 19.4 Å². The molecule has 2 unspecified atom stereocenters. The molecule has 228 valence electrons. The van der Waals surface area contributed by atoms with Crippen LogP contribution in [0.25, 0.3) is 0 Å². The van der Waals surface area contributed by atoms with Crippen molar-refractivity contribution in [2.24, 2.45) is 0 Å². The van der Waals surface area contributed by atoms with Crippen molar-refractivity contribution in [1.82, 2.24) is 10.0 Å². The van der Waals surface area contributed by atoms with Gasteiger partial charge in [0.05, 0.1) is 28.8 Å². The fourth-order valence-electron chi connectivity index (χ4n) is 4.15. The third kappa shape index (κ3) is 7.46. The molecule has 1 heterocycles. The number of non-ortho nitro benzene ring substituents is 2. The number of hydrazine groups is 1. The standard InChI is InChI=1S/C28H24N4O11S/c1-41-25(33)24-23(44-26(34)20-5-3-2-4-6-20)15-29(27(35)42-16-18-7-11-21(12-8-18)31(37)38)30(24)28(36)43-17-19-9-13-22(14-10-19)32(39)40/h2-14,23-24H,15-17H2,1H3. The van der Waals surface area contributed by atoms with E-state index in [9.17, 15) is 39.4 Å². The van der Waals surface area contributed by atoms with Crippen LogP contribution in [0.5, 0.6) is 0 Å². The zero-order valence-corrected chi connectivity index (χ0v) is 23.8. The lowest BCUT2D eigenvalue weighted by molar-refractivity contribution is -0.385. The average Bonchev–Trinajstić information content (AvgIpc) is 3.42. The minimum absolute atomic E-state index is 0.162. The smallest absolute Gasteiger partial charge is 0.430 e. The van der Waals surface area contributed by atoms with Crippen molar-refractivity contribution in [3.05, 3.63) is 116 Å². The zero-order valence-electron chi connectivity index (χ0n) is 23.0. The summed E-state index contributed by atoms with van der Waals surface area (Å²) in [5.41, 5.74) is 0.786. The van der Waals surface area contributed by atoms with Gasteiger partial charge in [0.1, 0.15) is 13.2 Å². The van der Waals surface area contributed by atoms with Crippen LogP contribution in [-0.2, 0) is 32.2 Å². The van der Waals surface area contributed by atoms with E-state index in [-0.39, 0.29) is 31.1 Å². The molecule has 1 saturated heterocycles. The molecule has 3 aromatic carbocycles. The third-order valence-electron chi connectivity index (χ3n) is 6.36. The molecule has 4 rings (SSSR count). The normalized spacial score (nSPS) is 15.8. The number of thioether (sulfide) groups is 1. The molecular formula is C28H24N4O11S. The highest BCUT2D eigenvalue weighted by Crippen LogP contribution is 2.33. The molecule has 2 amide bonds. The Morgan fingerprint density at radius 2 is 1.30 bits per heavy atom. The Labute approximate surface area is 253 Å². The molecule has 0 aromatic heterocycles. The maximum atomic E-state index is 13.4. The number of ether oxygens (including phenoxy) is 3. The van der Waals surface area contributed by atoms with E-state index in [2.05, 4.69) is 0 Å². The van der Waals surface area contributed by atoms with Crippen LogP contribution >= 0.6 is 11.8 Å². The Bertz CT molecular complexity index is 1550. The predicted octanol–water partition coefficient (Wildman–Crippen LogP) is 4.49. The second kappa shape index (κ2) is 14.1. The number of rotatable bonds is 9. The molecular weight excluding hydrogens is 600 g/mol. The molecule has 1 aliphatic heterocycles. The Hall–Kier alpha value is -5.51. The molecule has 15 nitrogen and oxygen atoms in total. The number of nitrogens with zero attached hydrogens (tertiary/aromatic N) is 4. The van der Waals surface area contributed by atoms with Crippen LogP contribution in [-0.4, -0.2) is 68.1 Å². The van der Waals surface area contributed by atoms with E-state index in [0.29, 0.717) is 21.7 Å². The first-order valence-electron chi connectivity index (χ1n) is 12.8. The topological polar surface area (TPSA) is 189 Å². The second-order valence-corrected chi connectivity index (χ2v) is 10.4. The van der Waals surface area contributed by atoms with Crippen molar-refractivity contribution in [1.29, 1.82) is 0 Å². The quantitative estimate of drug-likeness (QED) is 0.141. The second-order valence-electron chi connectivity index (χ2n) is 9.16. The number of carbonyl (C=O) groups excluding carboxylic acids is 4. The molecule has 1 aliphatic rings. The van der Waals surface area contributed by atoms with Gasteiger partial charge < -0.3 is 14.2 Å². The van der Waals surface area contributed by atoms with E-state index in [1.807, 2.05) is 0 Å². The Balaban J connectivity index is 1.57. The van der Waals surface area contributed by atoms with E-state index in [1.165, 1.54) is 48.5 Å². The highest BCUT2D eigenvalue weighted by atomic mass is 32.2. The summed E-state index contributed by atoms with van der Waals surface area (Å²) < 4.78 is 15.6. The van der Waals surface area contributed by atoms with Gasteiger partial charge in [0.15, 0.2) is 6.04 Å². The lowest BCUT2D eigenvalue weighted by Crippen LogP contribution is -2.52. The summed E-state index contributed by atoms with van der Waals surface area (Å²) in [6, 6.07) is 17.1. The number of carbonyl (C=O) groups is 4. The maximum absolute atomic E-state index is 13.4. The fourth-order valence-corrected chi connectivity index (χ4v) is 5.27. The summed E-state index contributed by atoms with van der Waals surface area (Å²) in [5.74, 6) is -0.929. The first-order chi connectivity index (χ1) is 21.1. The van der Waals surface area contributed by atoms with Crippen molar-refractivity contribution in [2.45, 2.75) is 24.5 Å². The van der Waals surface area contributed by atoms with Crippen LogP contribution in [0.2, 0.25) is 0 Å². The zero-order chi connectivity index (χ0) is 31.8. The van der Waals surface area contributed by atoms with E-state index in [4.69, 9.17) is 14.2 Å². The van der Waals surface area contributed by atoms with Crippen molar-refractivity contribution in [3.63, 3.8) is 0 Å². The predicted molar refractivity (Wildman–Crippen MR) is 153 cm³/mol. The van der Waals surface area contributed by atoms with Gasteiger partial charge in [0, 0.05) is 29.8 Å².